The molecule has 2 nitrogen and oxygen atoms in total. The molecular weight excluding hydrogens is 208 g/mol. The molecule has 0 saturated carbocycles. The monoisotopic (exact) mass is 232 g/mol. The molecule has 0 unspecified atom stereocenters. The highest BCUT2D eigenvalue weighted by atomic mass is 15.2. The van der Waals surface area contributed by atoms with Crippen LogP contribution in [0.15, 0.2) is 12.1 Å². The minimum absolute atomic E-state index is 0.557. The number of hydrogen-bond acceptors (Lipinski definition) is 2. The summed E-state index contributed by atoms with van der Waals surface area (Å²) in [6.07, 6.45) is 2.57. The number of hydrogen-bond donors (Lipinski definition) is 1. The minimum Gasteiger partial charge on any atom is -0.399 e. The first-order chi connectivity index (χ1) is 8.01. The summed E-state index contributed by atoms with van der Waals surface area (Å²) in [6.45, 7) is 11.3. The normalized spacial score (nSPS) is 18.0. The largest absolute Gasteiger partial charge is 0.399 e. The van der Waals surface area contributed by atoms with Gasteiger partial charge in [-0.3, -0.25) is 0 Å². The molecule has 1 aromatic carbocycles. The summed E-state index contributed by atoms with van der Waals surface area (Å²) in [5.41, 5.74) is 11.3. The van der Waals surface area contributed by atoms with Crippen LogP contribution in [-0.2, 0) is 0 Å². The van der Waals surface area contributed by atoms with Crippen molar-refractivity contribution >= 4 is 11.4 Å². The molecule has 1 saturated heterocycles. The van der Waals surface area contributed by atoms with E-state index in [9.17, 15) is 0 Å². The average Bonchev–Trinajstić information content (AvgIpc) is 2.25. The smallest absolute Gasteiger partial charge is 0.0400 e. The maximum atomic E-state index is 5.94. The van der Waals surface area contributed by atoms with Crippen LogP contribution in [0.1, 0.15) is 37.8 Å². The second-order valence-electron chi connectivity index (χ2n) is 5.56. The maximum absolute atomic E-state index is 5.94. The van der Waals surface area contributed by atoms with Crippen molar-refractivity contribution in [3.63, 3.8) is 0 Å². The number of nitrogen functional groups attached to an aromatic ring is 1. The van der Waals surface area contributed by atoms with Gasteiger partial charge in [0.05, 0.1) is 0 Å². The third-order valence-corrected chi connectivity index (χ3v) is 4.48. The lowest BCUT2D eigenvalue weighted by Gasteiger charge is -2.51. The van der Waals surface area contributed by atoms with Crippen LogP contribution in [0, 0.1) is 19.3 Å². The van der Waals surface area contributed by atoms with Crippen molar-refractivity contribution < 1.29 is 0 Å². The van der Waals surface area contributed by atoms with Gasteiger partial charge < -0.3 is 10.6 Å². The van der Waals surface area contributed by atoms with Gasteiger partial charge in [-0.15, -0.1) is 0 Å². The first-order valence-corrected chi connectivity index (χ1v) is 6.63. The van der Waals surface area contributed by atoms with Crippen LogP contribution in [0.5, 0.6) is 0 Å². The summed E-state index contributed by atoms with van der Waals surface area (Å²) >= 11 is 0. The zero-order chi connectivity index (χ0) is 12.6. The van der Waals surface area contributed by atoms with Crippen molar-refractivity contribution in [2.24, 2.45) is 5.41 Å². The first kappa shape index (κ1) is 12.3. The fourth-order valence-electron chi connectivity index (χ4n) is 2.79. The Morgan fingerprint density at radius 2 is 1.71 bits per heavy atom. The summed E-state index contributed by atoms with van der Waals surface area (Å²) in [6, 6.07) is 4.34. The maximum Gasteiger partial charge on any atom is 0.0400 e. The van der Waals surface area contributed by atoms with Crippen molar-refractivity contribution in [3.8, 4) is 0 Å². The van der Waals surface area contributed by atoms with E-state index in [1.54, 1.807) is 0 Å². The van der Waals surface area contributed by atoms with Crippen molar-refractivity contribution in [2.75, 3.05) is 23.7 Å². The number of nitrogens with two attached hydrogens (primary N) is 1. The fourth-order valence-corrected chi connectivity index (χ4v) is 2.79. The van der Waals surface area contributed by atoms with E-state index in [2.05, 4.69) is 44.7 Å². The molecule has 0 aromatic heterocycles. The standard InChI is InChI=1S/C15H24N2/c1-5-15(6-2)9-17(10-15)14-8-11(3)13(16)7-12(14)4/h7-8H,5-6,9-10,16H2,1-4H3. The number of rotatable bonds is 3. The summed E-state index contributed by atoms with van der Waals surface area (Å²) in [7, 11) is 0. The number of aryl methyl sites for hydroxylation is 2. The van der Waals surface area contributed by atoms with Crippen molar-refractivity contribution in [1.29, 1.82) is 0 Å². The Balaban J connectivity index is 2.19. The second kappa shape index (κ2) is 4.25. The molecule has 17 heavy (non-hydrogen) atoms. The predicted molar refractivity (Wildman–Crippen MR) is 75.6 cm³/mol. The summed E-state index contributed by atoms with van der Waals surface area (Å²) in [4.78, 5) is 2.49. The summed E-state index contributed by atoms with van der Waals surface area (Å²) in [5, 5.41) is 0. The van der Waals surface area contributed by atoms with Crippen LogP contribution in [0.2, 0.25) is 0 Å². The molecule has 0 aliphatic carbocycles. The summed E-state index contributed by atoms with van der Waals surface area (Å²) in [5.74, 6) is 0. The van der Waals surface area contributed by atoms with E-state index < -0.39 is 0 Å². The lowest BCUT2D eigenvalue weighted by atomic mass is 9.74. The zero-order valence-electron chi connectivity index (χ0n) is 11.5. The molecule has 2 heteroatoms. The third kappa shape index (κ3) is 2.01. The van der Waals surface area contributed by atoms with Gasteiger partial charge in [0.1, 0.15) is 0 Å². The lowest BCUT2D eigenvalue weighted by molar-refractivity contribution is 0.194. The van der Waals surface area contributed by atoms with Crippen LogP contribution in [0.4, 0.5) is 11.4 Å². The fraction of sp³-hybridized carbons (Fsp3) is 0.600. The van der Waals surface area contributed by atoms with Gasteiger partial charge in [0.25, 0.3) is 0 Å². The van der Waals surface area contributed by atoms with E-state index in [0.29, 0.717) is 5.41 Å². The predicted octanol–water partition coefficient (Wildman–Crippen LogP) is 3.51. The average molecular weight is 232 g/mol. The zero-order valence-corrected chi connectivity index (χ0v) is 11.5. The van der Waals surface area contributed by atoms with E-state index in [1.165, 1.54) is 42.7 Å². The van der Waals surface area contributed by atoms with Crippen LogP contribution in [0.3, 0.4) is 0 Å². The Labute approximate surface area is 105 Å². The van der Waals surface area contributed by atoms with E-state index in [4.69, 9.17) is 5.73 Å². The number of anilines is 2. The Kier molecular flexibility index (Phi) is 3.07. The first-order valence-electron chi connectivity index (χ1n) is 6.63. The number of nitrogens with zero attached hydrogens (tertiary/aromatic N) is 1. The van der Waals surface area contributed by atoms with Crippen LogP contribution in [-0.4, -0.2) is 13.1 Å². The molecule has 0 bridgehead atoms. The van der Waals surface area contributed by atoms with Gasteiger partial charge in [-0.25, -0.2) is 0 Å². The summed E-state index contributed by atoms with van der Waals surface area (Å²) < 4.78 is 0. The Morgan fingerprint density at radius 3 is 2.24 bits per heavy atom. The quantitative estimate of drug-likeness (QED) is 0.808. The second-order valence-corrected chi connectivity index (χ2v) is 5.56. The molecule has 94 valence electrons. The van der Waals surface area contributed by atoms with Crippen molar-refractivity contribution in [3.05, 3.63) is 23.3 Å². The Bertz CT molecular complexity index is 411. The van der Waals surface area contributed by atoms with Gasteiger partial charge in [0, 0.05) is 29.9 Å². The SMILES string of the molecule is CCC1(CC)CN(c2cc(C)c(N)cc2C)C1. The molecule has 0 spiro atoms. The van der Waals surface area contributed by atoms with E-state index in [0.717, 1.165) is 5.69 Å². The van der Waals surface area contributed by atoms with E-state index in [1.807, 2.05) is 0 Å². The Hall–Kier alpha value is -1.18. The highest BCUT2D eigenvalue weighted by Crippen LogP contribution is 2.41. The molecule has 0 amide bonds. The lowest BCUT2D eigenvalue weighted by Crippen LogP contribution is -2.56. The van der Waals surface area contributed by atoms with Gasteiger partial charge in [-0.05, 0) is 49.9 Å². The van der Waals surface area contributed by atoms with Gasteiger partial charge in [-0.1, -0.05) is 13.8 Å². The van der Waals surface area contributed by atoms with Gasteiger partial charge in [0.2, 0.25) is 0 Å². The van der Waals surface area contributed by atoms with Crippen LogP contribution in [0.25, 0.3) is 0 Å². The molecule has 2 N–H and O–H groups in total. The van der Waals surface area contributed by atoms with Crippen molar-refractivity contribution in [2.45, 2.75) is 40.5 Å². The highest BCUT2D eigenvalue weighted by molar-refractivity contribution is 5.64. The molecule has 0 atom stereocenters. The molecule has 1 aliphatic heterocycles. The van der Waals surface area contributed by atoms with Crippen molar-refractivity contribution in [1.82, 2.24) is 0 Å². The molecule has 1 aliphatic rings. The number of benzene rings is 1. The third-order valence-electron chi connectivity index (χ3n) is 4.48. The van der Waals surface area contributed by atoms with E-state index in [-0.39, 0.29) is 0 Å². The topological polar surface area (TPSA) is 29.3 Å². The molecule has 1 heterocycles. The highest BCUT2D eigenvalue weighted by Gasteiger charge is 2.40. The Morgan fingerprint density at radius 1 is 1.12 bits per heavy atom. The molecular formula is C15H24N2. The van der Waals surface area contributed by atoms with Gasteiger partial charge >= 0.3 is 0 Å². The molecule has 2 rings (SSSR count). The minimum atomic E-state index is 0.557. The van der Waals surface area contributed by atoms with Gasteiger partial charge in [0.15, 0.2) is 0 Å². The van der Waals surface area contributed by atoms with Gasteiger partial charge in [-0.2, -0.15) is 0 Å². The van der Waals surface area contributed by atoms with Crippen LogP contribution >= 0.6 is 0 Å². The molecule has 0 radical (unpaired) electrons. The molecule has 1 fully saturated rings. The molecule has 1 aromatic rings. The van der Waals surface area contributed by atoms with E-state index >= 15 is 0 Å². The van der Waals surface area contributed by atoms with Crippen LogP contribution < -0.4 is 10.6 Å².